The van der Waals surface area contributed by atoms with E-state index in [0.29, 0.717) is 0 Å². The second-order valence-electron chi connectivity index (χ2n) is 5.86. The summed E-state index contributed by atoms with van der Waals surface area (Å²) in [6, 6.07) is 14.0. The monoisotopic (exact) mass is 399 g/mol. The number of unbranched alkanes of at least 4 members (excludes halogenated alkanes) is 1. The average molecular weight is 400 g/mol. The molecule has 3 N–H and O–H groups in total. The second-order valence-corrected chi connectivity index (χ2v) is 5.86. The first-order chi connectivity index (χ1) is 14.7. The minimum atomic E-state index is 0.771. The SMILES string of the molecule is C#CCC.C#CCCC[n+]1ccccc1C#C/C([NH+]=CC)=c1\ccccc1=C.CN. The smallest absolute Gasteiger partial charge is 0.263 e. The zero-order valence-corrected chi connectivity index (χ0v) is 18.4. The molecule has 1 aromatic carbocycles. The number of nitrogens with two attached hydrogens (primary N) is 1. The van der Waals surface area contributed by atoms with Gasteiger partial charge in [0.2, 0.25) is 0 Å². The number of benzene rings is 1. The normalized spacial score (nSPS) is 10.1. The minimum absolute atomic E-state index is 0.771. The fraction of sp³-hybridized carbons (Fsp3) is 0.259. The molecule has 0 unspecified atom stereocenters. The van der Waals surface area contributed by atoms with Gasteiger partial charge in [0, 0.05) is 50.2 Å². The molecule has 1 aromatic heterocycles. The largest absolute Gasteiger partial charge is 0.333 e. The molecule has 2 aromatic rings. The lowest BCUT2D eigenvalue weighted by Crippen LogP contribution is -2.67. The third-order valence-electron chi connectivity index (χ3n) is 3.76. The Morgan fingerprint density at radius 3 is 2.40 bits per heavy atom. The topological polar surface area (TPSA) is 43.9 Å². The van der Waals surface area contributed by atoms with E-state index in [2.05, 4.69) is 45.6 Å². The van der Waals surface area contributed by atoms with Crippen molar-refractivity contribution >= 4 is 18.5 Å². The maximum absolute atomic E-state index is 5.33. The van der Waals surface area contributed by atoms with Gasteiger partial charge in [0.1, 0.15) is 6.21 Å². The second kappa shape index (κ2) is 17.5. The number of terminal acetylenes is 2. The van der Waals surface area contributed by atoms with Gasteiger partial charge in [-0.2, -0.15) is 4.57 Å². The van der Waals surface area contributed by atoms with Gasteiger partial charge < -0.3 is 5.73 Å². The summed E-state index contributed by atoms with van der Waals surface area (Å²) in [4.78, 5) is 3.22. The quantitative estimate of drug-likeness (QED) is 0.339. The van der Waals surface area contributed by atoms with E-state index in [1.54, 1.807) is 0 Å². The van der Waals surface area contributed by atoms with Gasteiger partial charge in [0.05, 0.1) is 5.22 Å². The number of nitrogens with one attached hydrogen (secondary N) is 1. The Hall–Kier alpha value is -3.58. The van der Waals surface area contributed by atoms with Crippen LogP contribution in [0.5, 0.6) is 0 Å². The fourth-order valence-corrected chi connectivity index (χ4v) is 2.35. The molecule has 0 aliphatic carbocycles. The lowest BCUT2D eigenvalue weighted by molar-refractivity contribution is -0.699. The Bertz CT molecular complexity index is 1040. The van der Waals surface area contributed by atoms with Crippen molar-refractivity contribution in [2.24, 2.45) is 5.73 Å². The molecule has 3 heteroatoms. The van der Waals surface area contributed by atoms with Crippen molar-refractivity contribution in [1.82, 2.24) is 0 Å². The molecule has 3 nitrogen and oxygen atoms in total. The lowest BCUT2D eigenvalue weighted by Gasteiger charge is -1.96. The Morgan fingerprint density at radius 2 is 1.80 bits per heavy atom. The molecule has 0 atom stereocenters. The van der Waals surface area contributed by atoms with Crippen molar-refractivity contribution in [2.45, 2.75) is 39.7 Å². The molecule has 0 amide bonds. The van der Waals surface area contributed by atoms with E-state index in [0.717, 1.165) is 47.6 Å². The molecular weight excluding hydrogens is 366 g/mol. The summed E-state index contributed by atoms with van der Waals surface area (Å²) < 4.78 is 2.13. The summed E-state index contributed by atoms with van der Waals surface area (Å²) in [6.07, 6.45) is 16.6. The third-order valence-corrected chi connectivity index (χ3v) is 3.76. The van der Waals surface area contributed by atoms with Gasteiger partial charge in [0.25, 0.3) is 11.4 Å². The number of rotatable bonds is 4. The van der Waals surface area contributed by atoms with Crippen LogP contribution in [0.2, 0.25) is 0 Å². The molecular formula is C27H33N3+2. The Kier molecular flexibility index (Phi) is 15.4. The number of aromatic nitrogens is 1. The van der Waals surface area contributed by atoms with Crippen LogP contribution in [0, 0.1) is 36.5 Å². The first kappa shape index (κ1) is 26.4. The van der Waals surface area contributed by atoms with Gasteiger partial charge in [-0.15, -0.1) is 24.7 Å². The van der Waals surface area contributed by atoms with Crippen molar-refractivity contribution in [3.63, 3.8) is 0 Å². The molecule has 0 saturated heterocycles. The van der Waals surface area contributed by atoms with Crippen molar-refractivity contribution < 1.29 is 9.56 Å². The van der Waals surface area contributed by atoms with Crippen LogP contribution >= 0.6 is 0 Å². The molecule has 0 spiro atoms. The highest BCUT2D eigenvalue weighted by atomic mass is 14.9. The predicted molar refractivity (Wildman–Crippen MR) is 128 cm³/mol. The van der Waals surface area contributed by atoms with E-state index in [4.69, 9.17) is 12.8 Å². The van der Waals surface area contributed by atoms with Crippen LogP contribution in [-0.4, -0.2) is 13.3 Å². The standard InChI is InChI=1S/C22H21N2.C4H6.CH5N/c1-4-6-10-17-24-18-11-9-13-20(24)15-16-22(23-5-2)21-14-8-7-12-19(21)3;1-3-4-2;1-2/h1,5,7-9,11-14,18H,3,6,10,17H2,2H3;1H,4H2,2H3;2H2,1H3/q+1;;/p+1/b22-21-,23-5?;;. The molecule has 2 rings (SSSR count). The molecule has 30 heavy (non-hydrogen) atoms. The maximum atomic E-state index is 5.33. The van der Waals surface area contributed by atoms with Gasteiger partial charge in [0.15, 0.2) is 12.7 Å². The minimum Gasteiger partial charge on any atom is -0.333 e. The number of hydrogen-bond donors (Lipinski definition) is 2. The van der Waals surface area contributed by atoms with Crippen LogP contribution < -0.4 is 25.7 Å². The number of nitrogens with zero attached hydrogens (tertiary/aromatic N) is 1. The summed E-state index contributed by atoms with van der Waals surface area (Å²) in [5.41, 5.74) is 6.31. The van der Waals surface area contributed by atoms with Crippen LogP contribution in [0.1, 0.15) is 38.8 Å². The van der Waals surface area contributed by atoms with Crippen LogP contribution in [-0.2, 0) is 6.54 Å². The highest BCUT2D eigenvalue weighted by Crippen LogP contribution is 1.93. The molecule has 1 heterocycles. The van der Waals surface area contributed by atoms with Gasteiger partial charge in [-0.05, 0) is 24.4 Å². The fourth-order valence-electron chi connectivity index (χ4n) is 2.35. The van der Waals surface area contributed by atoms with E-state index in [9.17, 15) is 0 Å². The van der Waals surface area contributed by atoms with Crippen LogP contribution in [0.25, 0.3) is 12.3 Å². The Balaban J connectivity index is 0.00000125. The van der Waals surface area contributed by atoms with Crippen LogP contribution in [0.3, 0.4) is 0 Å². The van der Waals surface area contributed by atoms with E-state index < -0.39 is 0 Å². The zero-order valence-electron chi connectivity index (χ0n) is 18.4. The highest BCUT2D eigenvalue weighted by Gasteiger charge is 2.07. The lowest BCUT2D eigenvalue weighted by atomic mass is 10.2. The average Bonchev–Trinajstić information content (AvgIpc) is 2.79. The molecule has 0 aliphatic heterocycles. The van der Waals surface area contributed by atoms with E-state index in [-0.39, 0.29) is 0 Å². The van der Waals surface area contributed by atoms with Crippen molar-refractivity contribution in [3.05, 3.63) is 64.8 Å². The molecule has 0 saturated carbocycles. The van der Waals surface area contributed by atoms with Crippen LogP contribution in [0.15, 0.2) is 48.7 Å². The third kappa shape index (κ3) is 10.1. The molecule has 154 valence electrons. The van der Waals surface area contributed by atoms with Gasteiger partial charge in [-0.3, -0.25) is 0 Å². The number of pyridine rings is 1. The van der Waals surface area contributed by atoms with Gasteiger partial charge in [-0.25, -0.2) is 4.99 Å². The number of aryl methyl sites for hydroxylation is 1. The first-order valence-electron chi connectivity index (χ1n) is 9.95. The summed E-state index contributed by atoms with van der Waals surface area (Å²) in [5.74, 6) is 11.6. The van der Waals surface area contributed by atoms with Gasteiger partial charge >= 0.3 is 0 Å². The highest BCUT2D eigenvalue weighted by molar-refractivity contribution is 5.60. The predicted octanol–water partition coefficient (Wildman–Crippen LogP) is 0.734. The van der Waals surface area contributed by atoms with E-state index in [1.807, 2.05) is 68.7 Å². The summed E-state index contributed by atoms with van der Waals surface area (Å²) in [6.45, 7) is 8.83. The molecule has 0 aliphatic rings. The number of hydrogen-bond acceptors (Lipinski definition) is 1. The Morgan fingerprint density at radius 1 is 1.13 bits per heavy atom. The summed E-state index contributed by atoms with van der Waals surface area (Å²) >= 11 is 0. The summed E-state index contributed by atoms with van der Waals surface area (Å²) in [7, 11) is 1.50. The van der Waals surface area contributed by atoms with E-state index >= 15 is 0 Å². The molecule has 0 bridgehead atoms. The van der Waals surface area contributed by atoms with E-state index in [1.165, 1.54) is 7.05 Å². The Labute approximate surface area is 182 Å². The van der Waals surface area contributed by atoms with Crippen LogP contribution in [0.4, 0.5) is 0 Å². The van der Waals surface area contributed by atoms with Crippen molar-refractivity contribution in [2.75, 3.05) is 7.05 Å². The molecule has 0 fully saturated rings. The van der Waals surface area contributed by atoms with Gasteiger partial charge in [-0.1, -0.05) is 31.7 Å². The summed E-state index contributed by atoms with van der Waals surface area (Å²) in [5, 5.41) is 1.96. The maximum Gasteiger partial charge on any atom is 0.263 e. The molecule has 0 radical (unpaired) electrons. The first-order valence-corrected chi connectivity index (χ1v) is 9.95. The van der Waals surface area contributed by atoms with Crippen molar-refractivity contribution in [1.29, 1.82) is 0 Å². The van der Waals surface area contributed by atoms with Crippen molar-refractivity contribution in [3.8, 4) is 36.5 Å². The zero-order chi connectivity index (χ0) is 22.6.